The van der Waals surface area contributed by atoms with E-state index in [0.717, 1.165) is 13.0 Å². The van der Waals surface area contributed by atoms with Crippen molar-refractivity contribution in [2.75, 3.05) is 13.6 Å². The average molecular weight is 140 g/mol. The van der Waals surface area contributed by atoms with E-state index in [1.807, 2.05) is 7.05 Å². The smallest absolute Gasteiger partial charge is 0.00281 e. The maximum atomic E-state index is 4.02. The van der Waals surface area contributed by atoms with Crippen LogP contribution >= 0.6 is 11.3 Å². The maximum Gasteiger partial charge on any atom is 0.00281 e. The first-order valence-corrected chi connectivity index (χ1v) is 3.89. The molecule has 0 aromatic carbocycles. The minimum Gasteiger partial charge on any atom is -0.665 e. The van der Waals surface area contributed by atoms with Gasteiger partial charge in [-0.3, -0.25) is 0 Å². The molecule has 0 fully saturated rings. The van der Waals surface area contributed by atoms with Gasteiger partial charge >= 0.3 is 0 Å². The number of hydrogen-bond donors (Lipinski definition) is 0. The lowest BCUT2D eigenvalue weighted by Crippen LogP contribution is -1.84. The summed E-state index contributed by atoms with van der Waals surface area (Å²) >= 11 is 1.80. The van der Waals surface area contributed by atoms with Crippen LogP contribution in [0.1, 0.15) is 4.88 Å². The molecular weight excluding hydrogens is 130 g/mol. The molecule has 0 aliphatic carbocycles. The molecule has 1 nitrogen and oxygen atoms in total. The molecular formula is C7H10NS-. The Bertz CT molecular complexity index is 146. The molecule has 0 N–H and O–H groups in total. The van der Waals surface area contributed by atoms with Gasteiger partial charge in [0.2, 0.25) is 0 Å². The van der Waals surface area contributed by atoms with Gasteiger partial charge in [0, 0.05) is 4.88 Å². The van der Waals surface area contributed by atoms with E-state index in [0.29, 0.717) is 0 Å². The summed E-state index contributed by atoms with van der Waals surface area (Å²) in [4.78, 5) is 1.43. The first kappa shape index (κ1) is 6.78. The van der Waals surface area contributed by atoms with E-state index >= 15 is 0 Å². The van der Waals surface area contributed by atoms with Crippen LogP contribution in [0.25, 0.3) is 5.32 Å². The lowest BCUT2D eigenvalue weighted by atomic mass is 10.3. The minimum absolute atomic E-state index is 0.959. The Hall–Kier alpha value is -0.340. The maximum absolute atomic E-state index is 4.02. The van der Waals surface area contributed by atoms with Crippen molar-refractivity contribution in [1.82, 2.24) is 0 Å². The lowest BCUT2D eigenvalue weighted by molar-refractivity contribution is 1.07. The predicted molar refractivity (Wildman–Crippen MR) is 42.2 cm³/mol. The van der Waals surface area contributed by atoms with Crippen molar-refractivity contribution in [3.8, 4) is 0 Å². The second-order valence-corrected chi connectivity index (χ2v) is 2.90. The summed E-state index contributed by atoms with van der Waals surface area (Å²) in [6.07, 6.45) is 1.11. The summed E-state index contributed by atoms with van der Waals surface area (Å²) in [6, 6.07) is 4.23. The van der Waals surface area contributed by atoms with Crippen LogP contribution in [0.2, 0.25) is 0 Å². The molecule has 0 unspecified atom stereocenters. The van der Waals surface area contributed by atoms with Crippen LogP contribution < -0.4 is 0 Å². The van der Waals surface area contributed by atoms with Crippen molar-refractivity contribution in [2.24, 2.45) is 0 Å². The van der Waals surface area contributed by atoms with Gasteiger partial charge in [-0.2, -0.15) is 7.05 Å². The normalized spacial score (nSPS) is 9.89. The van der Waals surface area contributed by atoms with Gasteiger partial charge in [0.25, 0.3) is 0 Å². The quantitative estimate of drug-likeness (QED) is 0.611. The summed E-state index contributed by atoms with van der Waals surface area (Å²) in [5.74, 6) is 0. The second-order valence-electron chi connectivity index (χ2n) is 1.87. The molecule has 1 aromatic heterocycles. The van der Waals surface area contributed by atoms with Crippen LogP contribution in [0, 0.1) is 0 Å². The highest BCUT2D eigenvalue weighted by Crippen LogP contribution is 2.08. The topological polar surface area (TPSA) is 14.1 Å². The Kier molecular flexibility index (Phi) is 2.74. The minimum atomic E-state index is 0.959. The van der Waals surface area contributed by atoms with Gasteiger partial charge in [0.1, 0.15) is 0 Å². The monoisotopic (exact) mass is 140 g/mol. The van der Waals surface area contributed by atoms with Crippen molar-refractivity contribution >= 4 is 11.3 Å². The summed E-state index contributed by atoms with van der Waals surface area (Å²) in [5, 5.41) is 6.12. The van der Waals surface area contributed by atoms with E-state index in [1.165, 1.54) is 4.88 Å². The molecule has 0 aliphatic heterocycles. The third-order valence-corrected chi connectivity index (χ3v) is 2.10. The SMILES string of the molecule is C[N-]CCc1cccs1. The lowest BCUT2D eigenvalue weighted by Gasteiger charge is -2.07. The fourth-order valence-electron chi connectivity index (χ4n) is 0.677. The van der Waals surface area contributed by atoms with Crippen LogP contribution in [0.15, 0.2) is 17.5 Å². The van der Waals surface area contributed by atoms with Gasteiger partial charge in [0.15, 0.2) is 0 Å². The van der Waals surface area contributed by atoms with E-state index in [2.05, 4.69) is 22.8 Å². The summed E-state index contributed by atoms with van der Waals surface area (Å²) in [5.41, 5.74) is 0. The molecule has 0 saturated heterocycles. The van der Waals surface area contributed by atoms with Crippen LogP contribution in [-0.4, -0.2) is 13.6 Å². The van der Waals surface area contributed by atoms with Crippen molar-refractivity contribution in [2.45, 2.75) is 6.42 Å². The Labute approximate surface area is 59.7 Å². The van der Waals surface area contributed by atoms with Gasteiger partial charge in [-0.05, 0) is 17.9 Å². The molecule has 0 bridgehead atoms. The average Bonchev–Trinajstić information content (AvgIpc) is 2.34. The summed E-state index contributed by atoms with van der Waals surface area (Å²) in [6.45, 7) is 0.959. The van der Waals surface area contributed by atoms with E-state index in [1.54, 1.807) is 11.3 Å². The Morgan fingerprint density at radius 3 is 3.11 bits per heavy atom. The zero-order chi connectivity index (χ0) is 6.53. The van der Waals surface area contributed by atoms with E-state index in [4.69, 9.17) is 0 Å². The molecule has 1 aromatic rings. The van der Waals surface area contributed by atoms with Crippen molar-refractivity contribution in [3.05, 3.63) is 27.7 Å². The molecule has 50 valence electrons. The number of nitrogens with zero attached hydrogens (tertiary/aromatic N) is 1. The first-order valence-electron chi connectivity index (χ1n) is 3.01. The Morgan fingerprint density at radius 2 is 2.56 bits per heavy atom. The number of likely N-dealkylation sites (N-methyl/N-ethyl adjacent to an activating group) is 1. The molecule has 1 heterocycles. The van der Waals surface area contributed by atoms with Crippen molar-refractivity contribution in [1.29, 1.82) is 0 Å². The number of rotatable bonds is 3. The van der Waals surface area contributed by atoms with Crippen LogP contribution in [0.5, 0.6) is 0 Å². The fourth-order valence-corrected chi connectivity index (χ4v) is 1.38. The first-order chi connectivity index (χ1) is 4.43. The molecule has 9 heavy (non-hydrogen) atoms. The van der Waals surface area contributed by atoms with Crippen LogP contribution in [-0.2, 0) is 6.42 Å². The number of hydrogen-bond acceptors (Lipinski definition) is 1. The fraction of sp³-hybridized carbons (Fsp3) is 0.429. The van der Waals surface area contributed by atoms with Gasteiger partial charge in [-0.25, -0.2) is 0 Å². The molecule has 2 heteroatoms. The zero-order valence-electron chi connectivity index (χ0n) is 5.50. The standard InChI is InChI=1S/C7H10NS/c1-8-5-4-7-3-2-6-9-7/h2-3,6H,4-5H2,1H3/q-1. The molecule has 0 spiro atoms. The predicted octanol–water partition coefficient (Wildman–Crippen LogP) is 2.29. The van der Waals surface area contributed by atoms with Gasteiger partial charge in [-0.1, -0.05) is 6.07 Å². The second kappa shape index (κ2) is 3.64. The van der Waals surface area contributed by atoms with Crippen LogP contribution in [0.4, 0.5) is 0 Å². The number of thiophene rings is 1. The molecule has 0 amide bonds. The summed E-state index contributed by atoms with van der Waals surface area (Å²) in [7, 11) is 1.85. The Balaban J connectivity index is 2.30. The molecule has 0 aliphatic rings. The molecule has 0 radical (unpaired) electrons. The Morgan fingerprint density at radius 1 is 1.67 bits per heavy atom. The largest absolute Gasteiger partial charge is 0.665 e. The van der Waals surface area contributed by atoms with Crippen molar-refractivity contribution in [3.63, 3.8) is 0 Å². The van der Waals surface area contributed by atoms with E-state index in [-0.39, 0.29) is 0 Å². The van der Waals surface area contributed by atoms with Crippen LogP contribution in [0.3, 0.4) is 0 Å². The van der Waals surface area contributed by atoms with Crippen molar-refractivity contribution < 1.29 is 0 Å². The third-order valence-electron chi connectivity index (χ3n) is 1.16. The van der Waals surface area contributed by atoms with Gasteiger partial charge in [0.05, 0.1) is 0 Å². The molecule has 0 atom stereocenters. The molecule has 1 rings (SSSR count). The van der Waals surface area contributed by atoms with Gasteiger partial charge in [-0.15, -0.1) is 17.9 Å². The highest BCUT2D eigenvalue weighted by molar-refractivity contribution is 7.09. The highest BCUT2D eigenvalue weighted by atomic mass is 32.1. The van der Waals surface area contributed by atoms with E-state index in [9.17, 15) is 0 Å². The van der Waals surface area contributed by atoms with E-state index < -0.39 is 0 Å². The highest BCUT2D eigenvalue weighted by Gasteiger charge is 1.85. The van der Waals surface area contributed by atoms with Gasteiger partial charge < -0.3 is 5.32 Å². The summed E-state index contributed by atoms with van der Waals surface area (Å²) < 4.78 is 0. The molecule has 0 saturated carbocycles. The zero-order valence-corrected chi connectivity index (χ0v) is 6.32. The third kappa shape index (κ3) is 2.16.